The summed E-state index contributed by atoms with van der Waals surface area (Å²) in [4.78, 5) is 24.9. The molecule has 2 aliphatic rings. The molecule has 0 bridgehead atoms. The summed E-state index contributed by atoms with van der Waals surface area (Å²) in [5.74, 6) is 0.0573. The number of carbonyl (C=O) groups excluding carboxylic acids is 2. The maximum Gasteiger partial charge on any atom is 0.407 e. The lowest BCUT2D eigenvalue weighted by molar-refractivity contribution is -0.130. The Morgan fingerprint density at radius 1 is 1.43 bits per heavy atom. The lowest BCUT2D eigenvalue weighted by Gasteiger charge is -2.25. The van der Waals surface area contributed by atoms with Crippen molar-refractivity contribution < 1.29 is 22.7 Å². The summed E-state index contributed by atoms with van der Waals surface area (Å²) in [6.45, 7) is 1.40. The molecule has 2 fully saturated rings. The quantitative estimate of drug-likeness (QED) is 0.671. The Hall–Kier alpha value is -1.35. The highest BCUT2D eigenvalue weighted by atomic mass is 32.2. The molecule has 2 saturated heterocycles. The Bertz CT molecular complexity index is 507. The second-order valence-electron chi connectivity index (χ2n) is 5.43. The van der Waals surface area contributed by atoms with Gasteiger partial charge >= 0.3 is 6.09 Å². The number of nitrogens with one attached hydrogen (secondary N) is 2. The minimum absolute atomic E-state index is 0.0103. The van der Waals surface area contributed by atoms with Crippen molar-refractivity contribution in [2.45, 2.75) is 24.9 Å². The average Bonchev–Trinajstić information content (AvgIpc) is 2.86. The van der Waals surface area contributed by atoms with E-state index in [1.54, 1.807) is 4.90 Å². The predicted molar refractivity (Wildman–Crippen MR) is 75.6 cm³/mol. The Labute approximate surface area is 124 Å². The van der Waals surface area contributed by atoms with E-state index in [1.165, 1.54) is 7.11 Å². The molecule has 0 aromatic rings. The van der Waals surface area contributed by atoms with Gasteiger partial charge in [0.15, 0.2) is 9.84 Å². The molecule has 120 valence electrons. The molecule has 2 N–H and O–H groups in total. The van der Waals surface area contributed by atoms with Crippen LogP contribution in [-0.2, 0) is 19.4 Å². The fraction of sp³-hybridized carbons (Fsp3) is 0.833. The van der Waals surface area contributed by atoms with Gasteiger partial charge in [-0.15, -0.1) is 0 Å². The first-order valence-corrected chi connectivity index (χ1v) is 8.78. The Morgan fingerprint density at radius 3 is 2.86 bits per heavy atom. The molecule has 2 amide bonds. The van der Waals surface area contributed by atoms with Crippen LogP contribution in [-0.4, -0.2) is 75.7 Å². The molecule has 0 aromatic heterocycles. The van der Waals surface area contributed by atoms with Crippen molar-refractivity contribution in [1.29, 1.82) is 0 Å². The summed E-state index contributed by atoms with van der Waals surface area (Å²) in [5, 5.41) is 5.73. The molecule has 0 aromatic carbocycles. The zero-order valence-corrected chi connectivity index (χ0v) is 12.8. The van der Waals surface area contributed by atoms with Gasteiger partial charge < -0.3 is 20.3 Å². The third-order valence-electron chi connectivity index (χ3n) is 3.77. The van der Waals surface area contributed by atoms with Crippen molar-refractivity contribution in [3.05, 3.63) is 0 Å². The third kappa shape index (κ3) is 4.57. The van der Waals surface area contributed by atoms with E-state index in [0.29, 0.717) is 26.1 Å². The van der Waals surface area contributed by atoms with Gasteiger partial charge in [-0.3, -0.25) is 4.79 Å². The maximum atomic E-state index is 12.2. The van der Waals surface area contributed by atoms with Crippen LogP contribution in [0.1, 0.15) is 12.8 Å². The number of hydrogen-bond donors (Lipinski definition) is 2. The second kappa shape index (κ2) is 6.61. The van der Waals surface area contributed by atoms with Crippen molar-refractivity contribution in [2.75, 3.05) is 38.2 Å². The number of rotatable bonds is 3. The molecule has 21 heavy (non-hydrogen) atoms. The van der Waals surface area contributed by atoms with Gasteiger partial charge in [-0.1, -0.05) is 0 Å². The number of carbonyl (C=O) groups is 2. The van der Waals surface area contributed by atoms with Crippen LogP contribution in [0.25, 0.3) is 0 Å². The lowest BCUT2D eigenvalue weighted by Crippen LogP contribution is -2.48. The standard InChI is InChI=1S/C12H21N3O5S/c1-20-12(17)14-9-2-4-15(7-9)11(16)6-10-8-21(18,19)5-3-13-10/h9-10,13H,2-8H2,1H3,(H,14,17). The number of nitrogens with zero attached hydrogens (tertiary/aromatic N) is 1. The van der Waals surface area contributed by atoms with Gasteiger partial charge in [-0.25, -0.2) is 13.2 Å². The van der Waals surface area contributed by atoms with Crippen LogP contribution in [0.15, 0.2) is 0 Å². The van der Waals surface area contributed by atoms with Crippen molar-refractivity contribution in [2.24, 2.45) is 0 Å². The Balaban J connectivity index is 1.80. The van der Waals surface area contributed by atoms with Crippen LogP contribution in [0.5, 0.6) is 0 Å². The summed E-state index contributed by atoms with van der Waals surface area (Å²) in [6.07, 6.45) is 0.343. The van der Waals surface area contributed by atoms with Crippen LogP contribution >= 0.6 is 0 Å². The molecule has 0 aliphatic carbocycles. The highest BCUT2D eigenvalue weighted by molar-refractivity contribution is 7.91. The molecule has 0 spiro atoms. The minimum atomic E-state index is -3.04. The van der Waals surface area contributed by atoms with E-state index >= 15 is 0 Å². The van der Waals surface area contributed by atoms with Crippen LogP contribution in [0.4, 0.5) is 4.79 Å². The molecular weight excluding hydrogens is 298 g/mol. The van der Waals surface area contributed by atoms with E-state index in [1.807, 2.05) is 0 Å². The first-order valence-electron chi connectivity index (χ1n) is 6.95. The predicted octanol–water partition coefficient (Wildman–Crippen LogP) is -1.28. The average molecular weight is 319 g/mol. The topological polar surface area (TPSA) is 105 Å². The maximum absolute atomic E-state index is 12.2. The van der Waals surface area contributed by atoms with Gasteiger partial charge in [0, 0.05) is 32.1 Å². The van der Waals surface area contributed by atoms with Gasteiger partial charge in [0.1, 0.15) is 0 Å². The van der Waals surface area contributed by atoms with E-state index in [0.717, 1.165) is 0 Å². The van der Waals surface area contributed by atoms with Crippen molar-refractivity contribution in [1.82, 2.24) is 15.5 Å². The van der Waals surface area contributed by atoms with Crippen molar-refractivity contribution >= 4 is 21.8 Å². The Kier molecular flexibility index (Phi) is 5.04. The van der Waals surface area contributed by atoms with Crippen LogP contribution in [0.3, 0.4) is 0 Å². The van der Waals surface area contributed by atoms with E-state index < -0.39 is 15.9 Å². The normalized spacial score (nSPS) is 28.1. The SMILES string of the molecule is COC(=O)NC1CCN(C(=O)CC2CS(=O)(=O)CCN2)C1. The van der Waals surface area contributed by atoms with Gasteiger partial charge in [0.25, 0.3) is 0 Å². The highest BCUT2D eigenvalue weighted by Gasteiger charge is 2.31. The fourth-order valence-corrected chi connectivity index (χ4v) is 4.11. The molecular formula is C12H21N3O5S. The molecule has 0 radical (unpaired) electrons. The third-order valence-corrected chi connectivity index (χ3v) is 5.51. The summed E-state index contributed by atoms with van der Waals surface area (Å²) < 4.78 is 27.6. The number of sulfone groups is 1. The molecule has 2 atom stereocenters. The van der Waals surface area contributed by atoms with Gasteiger partial charge in [-0.05, 0) is 6.42 Å². The molecule has 2 aliphatic heterocycles. The number of alkyl carbamates (subject to hydrolysis) is 1. The van der Waals surface area contributed by atoms with Gasteiger partial charge in [0.05, 0.1) is 24.7 Å². The summed E-state index contributed by atoms with van der Waals surface area (Å²) in [5.41, 5.74) is 0. The summed E-state index contributed by atoms with van der Waals surface area (Å²) >= 11 is 0. The van der Waals surface area contributed by atoms with E-state index in [4.69, 9.17) is 0 Å². The molecule has 9 heteroatoms. The molecule has 8 nitrogen and oxygen atoms in total. The lowest BCUT2D eigenvalue weighted by atomic mass is 10.2. The van der Waals surface area contributed by atoms with E-state index in [-0.39, 0.29) is 35.9 Å². The van der Waals surface area contributed by atoms with Crippen LogP contribution in [0.2, 0.25) is 0 Å². The second-order valence-corrected chi connectivity index (χ2v) is 7.66. The van der Waals surface area contributed by atoms with Crippen LogP contribution in [0, 0.1) is 0 Å². The molecule has 2 unspecified atom stereocenters. The van der Waals surface area contributed by atoms with Crippen molar-refractivity contribution in [3.63, 3.8) is 0 Å². The number of likely N-dealkylation sites (tertiary alicyclic amines) is 1. The number of methoxy groups -OCH3 is 1. The number of amides is 2. The molecule has 0 saturated carbocycles. The monoisotopic (exact) mass is 319 g/mol. The first-order chi connectivity index (χ1) is 9.89. The fourth-order valence-electron chi connectivity index (χ4n) is 2.67. The summed E-state index contributed by atoms with van der Waals surface area (Å²) in [7, 11) is -1.74. The summed E-state index contributed by atoms with van der Waals surface area (Å²) in [6, 6.07) is -0.423. The van der Waals surface area contributed by atoms with Gasteiger partial charge in [-0.2, -0.15) is 0 Å². The van der Waals surface area contributed by atoms with E-state index in [9.17, 15) is 18.0 Å². The molecule has 2 rings (SSSR count). The van der Waals surface area contributed by atoms with Crippen molar-refractivity contribution in [3.8, 4) is 0 Å². The van der Waals surface area contributed by atoms with E-state index in [2.05, 4.69) is 15.4 Å². The van der Waals surface area contributed by atoms with Crippen LogP contribution < -0.4 is 10.6 Å². The number of ether oxygens (including phenoxy) is 1. The largest absolute Gasteiger partial charge is 0.453 e. The molecule has 2 heterocycles. The Morgan fingerprint density at radius 2 is 2.19 bits per heavy atom. The minimum Gasteiger partial charge on any atom is -0.453 e. The smallest absolute Gasteiger partial charge is 0.407 e. The zero-order chi connectivity index (χ0) is 15.5. The zero-order valence-electron chi connectivity index (χ0n) is 12.0. The first kappa shape index (κ1) is 16.0. The highest BCUT2D eigenvalue weighted by Crippen LogP contribution is 2.13. The van der Waals surface area contributed by atoms with Gasteiger partial charge in [0.2, 0.25) is 5.91 Å². The number of hydrogen-bond acceptors (Lipinski definition) is 6.